The summed E-state index contributed by atoms with van der Waals surface area (Å²) in [6.45, 7) is 2.63. The van der Waals surface area contributed by atoms with Gasteiger partial charge in [-0.25, -0.2) is 4.98 Å². The Morgan fingerprint density at radius 3 is 3.05 bits per heavy atom. The van der Waals surface area contributed by atoms with Crippen LogP contribution in [0.1, 0.15) is 40.8 Å². The number of aromatic amines is 1. The normalized spacial score (nSPS) is 18.8. The van der Waals surface area contributed by atoms with Crippen LogP contribution in [-0.4, -0.2) is 32.3 Å². The Morgan fingerprint density at radius 1 is 1.47 bits per heavy atom. The minimum absolute atomic E-state index is 0.0203. The molecule has 3 rings (SSSR count). The van der Waals surface area contributed by atoms with Crippen molar-refractivity contribution < 1.29 is 4.79 Å². The molecule has 0 radical (unpaired) electrons. The van der Waals surface area contributed by atoms with E-state index < -0.39 is 0 Å². The number of rotatable bonds is 2. The second-order valence-electron chi connectivity index (χ2n) is 4.83. The van der Waals surface area contributed by atoms with Gasteiger partial charge in [0.2, 0.25) is 0 Å². The van der Waals surface area contributed by atoms with Crippen LogP contribution >= 0.6 is 0 Å². The van der Waals surface area contributed by atoms with E-state index in [1.54, 1.807) is 12.4 Å². The number of likely N-dealkylation sites (tertiary alicyclic amines) is 1. The summed E-state index contributed by atoms with van der Waals surface area (Å²) >= 11 is 0. The van der Waals surface area contributed by atoms with Crippen molar-refractivity contribution in [1.29, 1.82) is 0 Å². The van der Waals surface area contributed by atoms with Crippen molar-refractivity contribution >= 4 is 5.91 Å². The zero-order valence-corrected chi connectivity index (χ0v) is 10.8. The van der Waals surface area contributed by atoms with E-state index in [4.69, 9.17) is 0 Å². The number of aryl methyl sites for hydroxylation is 1. The SMILES string of the molecule is Cc1ncc(C(=O)N2CCCC2c2cccnc2)[nH]1. The number of aromatic nitrogens is 3. The average Bonchev–Trinajstić information content (AvgIpc) is 3.07. The van der Waals surface area contributed by atoms with Gasteiger partial charge in [-0.05, 0) is 31.4 Å². The fourth-order valence-corrected chi connectivity index (χ4v) is 2.61. The number of H-pyrrole nitrogens is 1. The van der Waals surface area contributed by atoms with Gasteiger partial charge in [0.25, 0.3) is 5.91 Å². The van der Waals surface area contributed by atoms with E-state index >= 15 is 0 Å². The van der Waals surface area contributed by atoms with E-state index in [0.29, 0.717) is 5.69 Å². The number of hydrogen-bond acceptors (Lipinski definition) is 3. The maximum atomic E-state index is 12.5. The van der Waals surface area contributed by atoms with Crippen LogP contribution in [0.5, 0.6) is 0 Å². The third-order valence-electron chi connectivity index (χ3n) is 3.52. The number of hydrogen-bond donors (Lipinski definition) is 1. The van der Waals surface area contributed by atoms with Crippen molar-refractivity contribution in [2.45, 2.75) is 25.8 Å². The molecular weight excluding hydrogens is 240 g/mol. The molecule has 1 N–H and O–H groups in total. The van der Waals surface area contributed by atoms with Gasteiger partial charge in [0.15, 0.2) is 0 Å². The Labute approximate surface area is 111 Å². The lowest BCUT2D eigenvalue weighted by Crippen LogP contribution is -2.30. The number of nitrogens with one attached hydrogen (secondary N) is 1. The molecule has 5 nitrogen and oxygen atoms in total. The zero-order valence-electron chi connectivity index (χ0n) is 10.8. The van der Waals surface area contributed by atoms with Crippen LogP contribution in [0.15, 0.2) is 30.7 Å². The van der Waals surface area contributed by atoms with Gasteiger partial charge in [-0.3, -0.25) is 9.78 Å². The lowest BCUT2D eigenvalue weighted by atomic mass is 10.1. The number of nitrogens with zero attached hydrogens (tertiary/aromatic N) is 3. The van der Waals surface area contributed by atoms with Crippen molar-refractivity contribution in [3.63, 3.8) is 0 Å². The molecule has 0 spiro atoms. The highest BCUT2D eigenvalue weighted by Gasteiger charge is 2.31. The summed E-state index contributed by atoms with van der Waals surface area (Å²) in [6, 6.07) is 4.07. The molecule has 1 amide bonds. The number of pyridine rings is 1. The van der Waals surface area contributed by atoms with Crippen LogP contribution in [-0.2, 0) is 0 Å². The molecule has 1 atom stereocenters. The predicted octanol–water partition coefficient (Wildman–Crippen LogP) is 2.09. The van der Waals surface area contributed by atoms with Crippen molar-refractivity contribution in [2.75, 3.05) is 6.54 Å². The smallest absolute Gasteiger partial charge is 0.272 e. The van der Waals surface area contributed by atoms with Crippen LogP contribution in [0.4, 0.5) is 0 Å². The van der Waals surface area contributed by atoms with Crippen molar-refractivity contribution in [2.24, 2.45) is 0 Å². The van der Waals surface area contributed by atoms with Gasteiger partial charge < -0.3 is 9.88 Å². The summed E-state index contributed by atoms with van der Waals surface area (Å²) in [5, 5.41) is 0. The van der Waals surface area contributed by atoms with E-state index in [9.17, 15) is 4.79 Å². The summed E-state index contributed by atoms with van der Waals surface area (Å²) in [7, 11) is 0. The average molecular weight is 256 g/mol. The molecular formula is C14H16N4O. The highest BCUT2D eigenvalue weighted by atomic mass is 16.2. The highest BCUT2D eigenvalue weighted by molar-refractivity contribution is 5.92. The molecule has 1 saturated heterocycles. The van der Waals surface area contributed by atoms with E-state index in [2.05, 4.69) is 15.0 Å². The van der Waals surface area contributed by atoms with E-state index in [1.165, 1.54) is 0 Å². The number of carbonyl (C=O) groups is 1. The first-order valence-electron chi connectivity index (χ1n) is 6.48. The third-order valence-corrected chi connectivity index (χ3v) is 3.52. The van der Waals surface area contributed by atoms with Gasteiger partial charge in [0.05, 0.1) is 12.2 Å². The van der Waals surface area contributed by atoms with Crippen LogP contribution in [0, 0.1) is 6.92 Å². The summed E-state index contributed by atoms with van der Waals surface area (Å²) in [5.74, 6) is 0.785. The largest absolute Gasteiger partial charge is 0.338 e. The fraction of sp³-hybridized carbons (Fsp3) is 0.357. The first-order valence-corrected chi connectivity index (χ1v) is 6.48. The minimum atomic E-state index is 0.0203. The quantitative estimate of drug-likeness (QED) is 0.895. The van der Waals surface area contributed by atoms with Gasteiger partial charge in [0, 0.05) is 18.9 Å². The Balaban J connectivity index is 1.86. The van der Waals surface area contributed by atoms with E-state index in [-0.39, 0.29) is 11.9 Å². The van der Waals surface area contributed by atoms with E-state index in [1.807, 2.05) is 30.2 Å². The maximum Gasteiger partial charge on any atom is 0.272 e. The molecule has 1 aliphatic rings. The molecule has 19 heavy (non-hydrogen) atoms. The molecule has 1 fully saturated rings. The number of carbonyl (C=O) groups excluding carboxylic acids is 1. The molecule has 2 aromatic heterocycles. The second kappa shape index (κ2) is 4.84. The molecule has 2 aromatic rings. The topological polar surface area (TPSA) is 61.9 Å². The molecule has 98 valence electrons. The lowest BCUT2D eigenvalue weighted by Gasteiger charge is -2.24. The molecule has 5 heteroatoms. The first-order chi connectivity index (χ1) is 9.25. The second-order valence-corrected chi connectivity index (χ2v) is 4.83. The Bertz CT molecular complexity index is 578. The van der Waals surface area contributed by atoms with Crippen molar-refractivity contribution in [1.82, 2.24) is 19.9 Å². The Hall–Kier alpha value is -2.17. The fourth-order valence-electron chi connectivity index (χ4n) is 2.61. The van der Waals surface area contributed by atoms with Crippen LogP contribution < -0.4 is 0 Å². The maximum absolute atomic E-state index is 12.5. The molecule has 0 aromatic carbocycles. The summed E-state index contributed by atoms with van der Waals surface area (Å²) in [6.07, 6.45) is 7.22. The molecule has 3 heterocycles. The molecule has 1 aliphatic heterocycles. The summed E-state index contributed by atoms with van der Waals surface area (Å²) < 4.78 is 0. The van der Waals surface area contributed by atoms with Crippen LogP contribution in [0.25, 0.3) is 0 Å². The summed E-state index contributed by atoms with van der Waals surface area (Å²) in [5.41, 5.74) is 1.66. The Kier molecular flexibility index (Phi) is 3.03. The minimum Gasteiger partial charge on any atom is -0.338 e. The molecule has 1 unspecified atom stereocenters. The monoisotopic (exact) mass is 256 g/mol. The van der Waals surface area contributed by atoms with Gasteiger partial charge in [-0.2, -0.15) is 0 Å². The predicted molar refractivity (Wildman–Crippen MR) is 70.6 cm³/mol. The standard InChI is InChI=1S/C14H16N4O/c1-10-16-9-12(17-10)14(19)18-7-3-5-13(18)11-4-2-6-15-8-11/h2,4,6,8-9,13H,3,5,7H2,1H3,(H,16,17). The van der Waals surface area contributed by atoms with Crippen LogP contribution in [0.2, 0.25) is 0 Å². The van der Waals surface area contributed by atoms with Gasteiger partial charge in [0.1, 0.15) is 11.5 Å². The molecule has 0 bridgehead atoms. The van der Waals surface area contributed by atoms with Gasteiger partial charge in [-0.15, -0.1) is 0 Å². The molecule has 0 aliphatic carbocycles. The Morgan fingerprint density at radius 2 is 2.37 bits per heavy atom. The summed E-state index contributed by atoms with van der Waals surface area (Å²) in [4.78, 5) is 25.6. The zero-order chi connectivity index (χ0) is 13.2. The lowest BCUT2D eigenvalue weighted by molar-refractivity contribution is 0.0730. The number of imidazole rings is 1. The van der Waals surface area contributed by atoms with E-state index in [0.717, 1.165) is 30.8 Å². The highest BCUT2D eigenvalue weighted by Crippen LogP contribution is 2.32. The van der Waals surface area contributed by atoms with Gasteiger partial charge >= 0.3 is 0 Å². The van der Waals surface area contributed by atoms with Crippen LogP contribution in [0.3, 0.4) is 0 Å². The number of amides is 1. The molecule has 0 saturated carbocycles. The van der Waals surface area contributed by atoms with Gasteiger partial charge in [-0.1, -0.05) is 6.07 Å². The van der Waals surface area contributed by atoms with Crippen molar-refractivity contribution in [3.8, 4) is 0 Å². The van der Waals surface area contributed by atoms with Crippen molar-refractivity contribution in [3.05, 3.63) is 47.8 Å². The third kappa shape index (κ3) is 2.23. The first kappa shape index (κ1) is 11.9.